The first-order valence-corrected chi connectivity index (χ1v) is 6.56. The van der Waals surface area contributed by atoms with Crippen molar-refractivity contribution in [3.63, 3.8) is 0 Å². The van der Waals surface area contributed by atoms with Gasteiger partial charge >= 0.3 is 0 Å². The third-order valence-electron chi connectivity index (χ3n) is 2.01. The lowest BCUT2D eigenvalue weighted by Gasteiger charge is -2.10. The summed E-state index contributed by atoms with van der Waals surface area (Å²) >= 11 is 12.5. The number of hydrogen-bond acceptors (Lipinski definition) is 2. The summed E-state index contributed by atoms with van der Waals surface area (Å²) in [7, 11) is 0. The Bertz CT molecular complexity index is 543. The Morgan fingerprint density at radius 1 is 1.29 bits per heavy atom. The van der Waals surface area contributed by atoms with Crippen LogP contribution in [0.1, 0.15) is 0 Å². The maximum absolute atomic E-state index is 13.6. The molecule has 0 radical (unpaired) electrons. The van der Waals surface area contributed by atoms with E-state index in [-0.39, 0.29) is 5.82 Å². The van der Waals surface area contributed by atoms with E-state index in [2.05, 4.69) is 42.2 Å². The summed E-state index contributed by atoms with van der Waals surface area (Å²) in [5.41, 5.74) is 0.309. The van der Waals surface area contributed by atoms with E-state index in [1.807, 2.05) is 0 Å². The van der Waals surface area contributed by atoms with Gasteiger partial charge in [-0.25, -0.2) is 9.37 Å². The molecule has 0 spiro atoms. The summed E-state index contributed by atoms with van der Waals surface area (Å²) in [4.78, 5) is 4.08. The van der Waals surface area contributed by atoms with Crippen molar-refractivity contribution in [1.82, 2.24) is 4.98 Å². The molecule has 2 rings (SSSR count). The Hall–Kier alpha value is -0.650. The zero-order chi connectivity index (χ0) is 12.4. The van der Waals surface area contributed by atoms with Crippen molar-refractivity contribution >= 4 is 55.0 Å². The van der Waals surface area contributed by atoms with Crippen LogP contribution in [-0.2, 0) is 0 Å². The van der Waals surface area contributed by atoms with E-state index in [4.69, 9.17) is 11.6 Å². The maximum Gasteiger partial charge on any atom is 0.149 e. The molecule has 2 aromatic rings. The summed E-state index contributed by atoms with van der Waals surface area (Å²) in [5, 5.41) is 3.26. The largest absolute Gasteiger partial charge is 0.336 e. The molecule has 0 bridgehead atoms. The molecule has 1 N–H and O–H groups in total. The standard InChI is InChI=1S/C11H6Br2ClFN2/c12-6-4-8(14)11(16-5-6)17-10-7(13)2-1-3-9(10)15/h1-5H,(H,16,17). The van der Waals surface area contributed by atoms with Gasteiger partial charge in [0.1, 0.15) is 11.6 Å². The molecule has 1 aromatic carbocycles. The molecular weight excluding hydrogens is 374 g/mol. The highest BCUT2D eigenvalue weighted by Gasteiger charge is 2.09. The van der Waals surface area contributed by atoms with Crippen LogP contribution >= 0.6 is 43.5 Å². The first-order chi connectivity index (χ1) is 8.08. The smallest absolute Gasteiger partial charge is 0.149 e. The number of anilines is 2. The number of aromatic nitrogens is 1. The van der Waals surface area contributed by atoms with Crippen molar-refractivity contribution < 1.29 is 4.39 Å². The molecule has 0 aliphatic heterocycles. The molecule has 1 heterocycles. The Morgan fingerprint density at radius 3 is 2.71 bits per heavy atom. The number of nitrogens with one attached hydrogen (secondary N) is 1. The lowest BCUT2D eigenvalue weighted by molar-refractivity contribution is 0.631. The van der Waals surface area contributed by atoms with Gasteiger partial charge < -0.3 is 5.32 Å². The molecule has 0 fully saturated rings. The molecule has 88 valence electrons. The first kappa shape index (κ1) is 12.8. The Morgan fingerprint density at radius 2 is 2.06 bits per heavy atom. The van der Waals surface area contributed by atoms with E-state index < -0.39 is 0 Å². The molecule has 17 heavy (non-hydrogen) atoms. The predicted molar refractivity (Wildman–Crippen MR) is 74.3 cm³/mol. The van der Waals surface area contributed by atoms with Gasteiger partial charge in [0, 0.05) is 15.1 Å². The monoisotopic (exact) mass is 378 g/mol. The van der Waals surface area contributed by atoms with Crippen molar-refractivity contribution in [3.05, 3.63) is 50.2 Å². The Labute approximate surface area is 119 Å². The molecule has 2 nitrogen and oxygen atoms in total. The first-order valence-electron chi connectivity index (χ1n) is 4.60. The highest BCUT2D eigenvalue weighted by atomic mass is 79.9. The van der Waals surface area contributed by atoms with E-state index in [1.165, 1.54) is 6.07 Å². The second-order valence-corrected chi connectivity index (χ2v) is 5.38. The minimum Gasteiger partial charge on any atom is -0.336 e. The van der Waals surface area contributed by atoms with Gasteiger partial charge in [0.2, 0.25) is 0 Å². The number of hydrogen-bond donors (Lipinski definition) is 1. The van der Waals surface area contributed by atoms with Crippen LogP contribution in [-0.4, -0.2) is 4.98 Å². The lowest BCUT2D eigenvalue weighted by atomic mass is 10.3. The predicted octanol–water partition coefficient (Wildman–Crippen LogP) is 5.14. The van der Waals surface area contributed by atoms with Gasteiger partial charge in [0.25, 0.3) is 0 Å². The zero-order valence-electron chi connectivity index (χ0n) is 8.35. The molecular formula is C11H6Br2ClFN2. The number of pyridine rings is 1. The topological polar surface area (TPSA) is 24.9 Å². The molecule has 0 atom stereocenters. The van der Waals surface area contributed by atoms with E-state index in [1.54, 1.807) is 24.4 Å². The molecule has 6 heteroatoms. The number of para-hydroxylation sites is 1. The lowest BCUT2D eigenvalue weighted by Crippen LogP contribution is -1.98. The molecule has 1 aromatic heterocycles. The van der Waals surface area contributed by atoms with Gasteiger partial charge in [-0.3, -0.25) is 0 Å². The fraction of sp³-hybridized carbons (Fsp3) is 0. The van der Waals surface area contributed by atoms with Crippen LogP contribution in [0.15, 0.2) is 39.4 Å². The average molecular weight is 380 g/mol. The number of halogens is 4. The second kappa shape index (κ2) is 5.33. The summed E-state index contributed by atoms with van der Waals surface area (Å²) in [5.74, 6) is 0.0285. The normalized spacial score (nSPS) is 10.4. The van der Waals surface area contributed by atoms with Crippen molar-refractivity contribution in [1.29, 1.82) is 0 Å². The third-order valence-corrected chi connectivity index (χ3v) is 3.40. The molecule has 0 saturated heterocycles. The quantitative estimate of drug-likeness (QED) is 0.780. The fourth-order valence-corrected chi connectivity index (χ4v) is 2.36. The van der Waals surface area contributed by atoms with Gasteiger partial charge in [0.15, 0.2) is 0 Å². The molecule has 0 aliphatic rings. The van der Waals surface area contributed by atoms with E-state index in [0.717, 1.165) is 4.47 Å². The minimum atomic E-state index is -0.375. The van der Waals surface area contributed by atoms with Crippen LogP contribution in [0.5, 0.6) is 0 Å². The minimum absolute atomic E-state index is 0.309. The van der Waals surface area contributed by atoms with Crippen LogP contribution in [0, 0.1) is 5.82 Å². The number of nitrogens with zero attached hydrogens (tertiary/aromatic N) is 1. The summed E-state index contributed by atoms with van der Waals surface area (Å²) < 4.78 is 14.9. The van der Waals surface area contributed by atoms with E-state index in [9.17, 15) is 4.39 Å². The van der Waals surface area contributed by atoms with Gasteiger partial charge in [-0.2, -0.15) is 0 Å². The molecule has 0 amide bonds. The van der Waals surface area contributed by atoms with Gasteiger partial charge in [-0.15, -0.1) is 0 Å². The molecule has 0 saturated carbocycles. The summed E-state index contributed by atoms with van der Waals surface area (Å²) in [6, 6.07) is 6.39. The second-order valence-electron chi connectivity index (χ2n) is 3.21. The van der Waals surface area contributed by atoms with Crippen molar-refractivity contribution in [2.75, 3.05) is 5.32 Å². The van der Waals surface area contributed by atoms with Crippen LogP contribution in [0.2, 0.25) is 5.02 Å². The number of rotatable bonds is 2. The number of benzene rings is 1. The van der Waals surface area contributed by atoms with Crippen LogP contribution < -0.4 is 5.32 Å². The van der Waals surface area contributed by atoms with Crippen molar-refractivity contribution in [2.24, 2.45) is 0 Å². The fourth-order valence-electron chi connectivity index (χ4n) is 1.24. The summed E-state index contributed by atoms with van der Waals surface area (Å²) in [6.07, 6.45) is 1.59. The van der Waals surface area contributed by atoms with Crippen molar-refractivity contribution in [3.8, 4) is 0 Å². The van der Waals surface area contributed by atoms with E-state index in [0.29, 0.717) is 21.0 Å². The highest BCUT2D eigenvalue weighted by molar-refractivity contribution is 9.10. The van der Waals surface area contributed by atoms with Crippen LogP contribution in [0.3, 0.4) is 0 Å². The van der Waals surface area contributed by atoms with Gasteiger partial charge in [-0.05, 0) is 50.1 Å². The zero-order valence-corrected chi connectivity index (χ0v) is 12.3. The average Bonchev–Trinajstić information content (AvgIpc) is 2.26. The Balaban J connectivity index is 2.38. The molecule has 0 aliphatic carbocycles. The maximum atomic E-state index is 13.6. The third kappa shape index (κ3) is 2.97. The Kier molecular flexibility index (Phi) is 4.01. The van der Waals surface area contributed by atoms with Crippen molar-refractivity contribution in [2.45, 2.75) is 0 Å². The van der Waals surface area contributed by atoms with Gasteiger partial charge in [0.05, 0.1) is 10.7 Å². The van der Waals surface area contributed by atoms with Gasteiger partial charge in [-0.1, -0.05) is 17.7 Å². The van der Waals surface area contributed by atoms with Crippen LogP contribution in [0.25, 0.3) is 0 Å². The van der Waals surface area contributed by atoms with Crippen LogP contribution in [0.4, 0.5) is 15.9 Å². The highest BCUT2D eigenvalue weighted by Crippen LogP contribution is 2.31. The van der Waals surface area contributed by atoms with E-state index >= 15 is 0 Å². The molecule has 0 unspecified atom stereocenters. The SMILES string of the molecule is Fc1cccc(Br)c1Nc1ncc(Br)cc1Cl. The summed E-state index contributed by atoms with van der Waals surface area (Å²) in [6.45, 7) is 0.